The van der Waals surface area contributed by atoms with Gasteiger partial charge in [-0.3, -0.25) is 14.5 Å². The van der Waals surface area contributed by atoms with Gasteiger partial charge in [0.1, 0.15) is 5.69 Å². The van der Waals surface area contributed by atoms with Crippen LogP contribution < -0.4 is 9.47 Å². The molecule has 0 saturated carbocycles. The third kappa shape index (κ3) is 4.06. The zero-order valence-corrected chi connectivity index (χ0v) is 16.5. The SMILES string of the molecule is COc1ccccc1Oc1nccnc1[C@@H]1CCCN(C(=O)c2cnn(C)c2)C1. The maximum atomic E-state index is 12.8. The van der Waals surface area contributed by atoms with Crippen molar-refractivity contribution in [2.24, 2.45) is 7.05 Å². The summed E-state index contributed by atoms with van der Waals surface area (Å²) in [4.78, 5) is 23.6. The van der Waals surface area contributed by atoms with Crippen molar-refractivity contribution in [1.29, 1.82) is 0 Å². The van der Waals surface area contributed by atoms with Crippen molar-refractivity contribution in [2.75, 3.05) is 20.2 Å². The molecule has 4 rings (SSSR count). The number of carbonyl (C=O) groups excluding carboxylic acids is 1. The number of amides is 1. The van der Waals surface area contributed by atoms with Crippen molar-refractivity contribution in [1.82, 2.24) is 24.6 Å². The minimum absolute atomic E-state index is 0.0149. The van der Waals surface area contributed by atoms with Crippen molar-refractivity contribution < 1.29 is 14.3 Å². The van der Waals surface area contributed by atoms with Gasteiger partial charge in [0.25, 0.3) is 5.91 Å². The molecule has 0 spiro atoms. The van der Waals surface area contributed by atoms with E-state index in [1.165, 1.54) is 0 Å². The highest BCUT2D eigenvalue weighted by molar-refractivity contribution is 5.93. The summed E-state index contributed by atoms with van der Waals surface area (Å²) in [5.74, 6) is 1.68. The Bertz CT molecular complexity index is 1000. The first kappa shape index (κ1) is 18.9. The number of methoxy groups -OCH3 is 1. The van der Waals surface area contributed by atoms with E-state index in [1.807, 2.05) is 29.2 Å². The second-order valence-corrected chi connectivity index (χ2v) is 6.99. The lowest BCUT2D eigenvalue weighted by Crippen LogP contribution is -2.39. The fraction of sp³-hybridized carbons (Fsp3) is 0.333. The second kappa shape index (κ2) is 8.30. The molecule has 1 aromatic carbocycles. The highest BCUT2D eigenvalue weighted by Gasteiger charge is 2.29. The van der Waals surface area contributed by atoms with Crippen LogP contribution in [-0.4, -0.2) is 50.8 Å². The van der Waals surface area contributed by atoms with E-state index in [4.69, 9.17) is 9.47 Å². The number of aryl methyl sites for hydroxylation is 1. The molecule has 1 saturated heterocycles. The van der Waals surface area contributed by atoms with Gasteiger partial charge < -0.3 is 14.4 Å². The van der Waals surface area contributed by atoms with Gasteiger partial charge >= 0.3 is 0 Å². The van der Waals surface area contributed by atoms with Crippen molar-refractivity contribution in [3.8, 4) is 17.4 Å². The number of hydrogen-bond acceptors (Lipinski definition) is 6. The van der Waals surface area contributed by atoms with E-state index in [1.54, 1.807) is 43.6 Å². The lowest BCUT2D eigenvalue weighted by molar-refractivity contribution is 0.0704. The van der Waals surface area contributed by atoms with E-state index < -0.39 is 0 Å². The fourth-order valence-electron chi connectivity index (χ4n) is 3.60. The standard InChI is InChI=1S/C21H23N5O3/c1-25-13-16(12-24-25)21(27)26-11-5-6-15(14-26)19-20(23-10-9-22-19)29-18-8-4-3-7-17(18)28-2/h3-4,7-10,12-13,15H,5-6,11,14H2,1-2H3/t15-/m1/s1. The number of benzene rings is 1. The van der Waals surface area contributed by atoms with Crippen LogP contribution in [0.2, 0.25) is 0 Å². The van der Waals surface area contributed by atoms with Crippen molar-refractivity contribution in [3.05, 3.63) is 60.3 Å². The monoisotopic (exact) mass is 393 g/mol. The molecule has 3 aromatic rings. The van der Waals surface area contributed by atoms with Gasteiger partial charge in [0.05, 0.1) is 18.9 Å². The molecule has 2 aromatic heterocycles. The second-order valence-electron chi connectivity index (χ2n) is 6.99. The summed E-state index contributed by atoms with van der Waals surface area (Å²) in [6.07, 6.45) is 8.41. The summed E-state index contributed by atoms with van der Waals surface area (Å²) >= 11 is 0. The van der Waals surface area contributed by atoms with Gasteiger partial charge in [-0.15, -0.1) is 0 Å². The Balaban J connectivity index is 1.56. The van der Waals surface area contributed by atoms with Crippen molar-refractivity contribution in [2.45, 2.75) is 18.8 Å². The van der Waals surface area contributed by atoms with E-state index in [9.17, 15) is 4.79 Å². The van der Waals surface area contributed by atoms with Gasteiger partial charge in [0, 0.05) is 44.6 Å². The van der Waals surface area contributed by atoms with E-state index >= 15 is 0 Å². The molecule has 8 heteroatoms. The summed E-state index contributed by atoms with van der Waals surface area (Å²) in [5.41, 5.74) is 1.35. The first-order valence-corrected chi connectivity index (χ1v) is 9.55. The van der Waals surface area contributed by atoms with E-state index in [2.05, 4.69) is 15.1 Å². The van der Waals surface area contributed by atoms with E-state index in [0.717, 1.165) is 18.5 Å². The Morgan fingerprint density at radius 2 is 1.97 bits per heavy atom. The number of rotatable bonds is 5. The van der Waals surface area contributed by atoms with Gasteiger partial charge in [0.15, 0.2) is 11.5 Å². The number of carbonyl (C=O) groups is 1. The third-order valence-electron chi connectivity index (χ3n) is 5.01. The number of nitrogens with zero attached hydrogens (tertiary/aromatic N) is 5. The Morgan fingerprint density at radius 1 is 1.17 bits per heavy atom. The topological polar surface area (TPSA) is 82.4 Å². The maximum absolute atomic E-state index is 12.8. The normalized spacial score (nSPS) is 16.5. The summed E-state index contributed by atoms with van der Waals surface area (Å²) in [6.45, 7) is 1.28. The van der Waals surface area contributed by atoms with Gasteiger partial charge in [-0.05, 0) is 25.0 Å². The van der Waals surface area contributed by atoms with Crippen LogP contribution in [0.5, 0.6) is 17.4 Å². The highest BCUT2D eigenvalue weighted by Crippen LogP contribution is 2.35. The number of ether oxygens (including phenoxy) is 2. The maximum Gasteiger partial charge on any atom is 0.257 e. The Hall–Kier alpha value is -3.42. The molecule has 0 bridgehead atoms. The third-order valence-corrected chi connectivity index (χ3v) is 5.01. The summed E-state index contributed by atoms with van der Waals surface area (Å²) in [6, 6.07) is 7.42. The van der Waals surface area contributed by atoms with Crippen LogP contribution in [0, 0.1) is 0 Å². The molecule has 3 heterocycles. The quantitative estimate of drug-likeness (QED) is 0.663. The molecule has 1 fully saturated rings. The van der Waals surface area contributed by atoms with Crippen LogP contribution in [0.3, 0.4) is 0 Å². The fourth-order valence-corrected chi connectivity index (χ4v) is 3.60. The molecule has 150 valence electrons. The van der Waals surface area contributed by atoms with Crippen LogP contribution >= 0.6 is 0 Å². The Kier molecular flexibility index (Phi) is 5.41. The van der Waals surface area contributed by atoms with Gasteiger partial charge in [0.2, 0.25) is 5.88 Å². The summed E-state index contributed by atoms with van der Waals surface area (Å²) in [7, 11) is 3.40. The average Bonchev–Trinajstić information content (AvgIpc) is 3.20. The molecular weight excluding hydrogens is 370 g/mol. The largest absolute Gasteiger partial charge is 0.493 e. The lowest BCUT2D eigenvalue weighted by Gasteiger charge is -2.32. The first-order chi connectivity index (χ1) is 14.2. The zero-order valence-electron chi connectivity index (χ0n) is 16.5. The predicted octanol–water partition coefficient (Wildman–Crippen LogP) is 3.03. The highest BCUT2D eigenvalue weighted by atomic mass is 16.5. The van der Waals surface area contributed by atoms with E-state index in [0.29, 0.717) is 36.0 Å². The van der Waals surface area contributed by atoms with Crippen LogP contribution in [0.1, 0.15) is 34.8 Å². The van der Waals surface area contributed by atoms with Crippen LogP contribution in [0.4, 0.5) is 0 Å². The van der Waals surface area contributed by atoms with Crippen LogP contribution in [-0.2, 0) is 7.05 Å². The Labute approximate surface area is 169 Å². The number of aromatic nitrogens is 4. The molecule has 1 atom stereocenters. The molecule has 0 unspecified atom stereocenters. The zero-order chi connectivity index (χ0) is 20.2. The van der Waals surface area contributed by atoms with Crippen LogP contribution in [0.15, 0.2) is 49.1 Å². The molecule has 0 N–H and O–H groups in total. The molecule has 0 aliphatic carbocycles. The van der Waals surface area contributed by atoms with E-state index in [-0.39, 0.29) is 11.8 Å². The Morgan fingerprint density at radius 3 is 2.72 bits per heavy atom. The number of likely N-dealkylation sites (tertiary alicyclic amines) is 1. The molecule has 1 amide bonds. The molecule has 1 aliphatic rings. The van der Waals surface area contributed by atoms with Gasteiger partial charge in [-0.2, -0.15) is 5.10 Å². The van der Waals surface area contributed by atoms with Gasteiger partial charge in [-0.1, -0.05) is 12.1 Å². The summed E-state index contributed by atoms with van der Waals surface area (Å²) < 4.78 is 13.1. The minimum atomic E-state index is -0.0149. The first-order valence-electron chi connectivity index (χ1n) is 9.55. The number of para-hydroxylation sites is 2. The number of piperidine rings is 1. The van der Waals surface area contributed by atoms with Crippen LogP contribution in [0.25, 0.3) is 0 Å². The summed E-state index contributed by atoms with van der Waals surface area (Å²) in [5, 5.41) is 4.10. The average molecular weight is 393 g/mol. The van der Waals surface area contributed by atoms with Crippen molar-refractivity contribution in [3.63, 3.8) is 0 Å². The molecular formula is C21H23N5O3. The molecule has 29 heavy (non-hydrogen) atoms. The number of hydrogen-bond donors (Lipinski definition) is 0. The van der Waals surface area contributed by atoms with Crippen molar-refractivity contribution >= 4 is 5.91 Å². The molecule has 0 radical (unpaired) electrons. The molecule has 8 nitrogen and oxygen atoms in total. The predicted molar refractivity (Wildman–Crippen MR) is 106 cm³/mol. The van der Waals surface area contributed by atoms with Gasteiger partial charge in [-0.25, -0.2) is 4.98 Å². The lowest BCUT2D eigenvalue weighted by atomic mass is 9.94. The molecule has 1 aliphatic heterocycles. The minimum Gasteiger partial charge on any atom is -0.493 e. The smallest absolute Gasteiger partial charge is 0.257 e.